The molecule has 2 rings (SSSR count). The summed E-state index contributed by atoms with van der Waals surface area (Å²) < 4.78 is 0. The highest BCUT2D eigenvalue weighted by atomic mass is 16.6. The molecule has 1 aromatic carbocycles. The van der Waals surface area contributed by atoms with Gasteiger partial charge in [-0.25, -0.2) is 0 Å². The highest BCUT2D eigenvalue weighted by Gasteiger charge is 2.35. The minimum Gasteiger partial charge on any atom is -0.392 e. The number of carbonyl (C=O) groups is 2. The predicted molar refractivity (Wildman–Crippen MR) is 107 cm³/mol. The number of nitrogens with zero attached hydrogens (tertiary/aromatic N) is 3. The molecule has 0 bridgehead atoms. The van der Waals surface area contributed by atoms with Crippen molar-refractivity contribution < 1.29 is 24.5 Å². The number of piperidine rings is 1. The molecule has 0 aromatic heterocycles. The van der Waals surface area contributed by atoms with Crippen LogP contribution < -0.4 is 10.7 Å². The fourth-order valence-electron chi connectivity index (χ4n) is 3.04. The van der Waals surface area contributed by atoms with E-state index < -0.39 is 32.7 Å². The van der Waals surface area contributed by atoms with Crippen LogP contribution in [0.4, 0.5) is 17.1 Å². The molecule has 3 N–H and O–H groups in total. The lowest BCUT2D eigenvalue weighted by atomic mass is 9.76. The first-order valence-corrected chi connectivity index (χ1v) is 9.16. The van der Waals surface area contributed by atoms with Crippen LogP contribution in [-0.4, -0.2) is 38.6 Å². The summed E-state index contributed by atoms with van der Waals surface area (Å²) in [6, 6.07) is 3.13. The summed E-state index contributed by atoms with van der Waals surface area (Å²) >= 11 is 0. The molecule has 1 aromatic rings. The Bertz CT molecular complexity index is 896. The van der Waals surface area contributed by atoms with Gasteiger partial charge in [0, 0.05) is 30.0 Å². The van der Waals surface area contributed by atoms with Gasteiger partial charge in [-0.1, -0.05) is 13.8 Å². The van der Waals surface area contributed by atoms with Gasteiger partial charge < -0.3 is 5.11 Å². The zero-order valence-electron chi connectivity index (χ0n) is 16.7. The fraction of sp³-hybridized carbons (Fsp3) is 0.500. The number of imide groups is 1. The molecule has 162 valence electrons. The molecule has 1 aliphatic heterocycles. The summed E-state index contributed by atoms with van der Waals surface area (Å²) in [5.74, 6) is -1.05. The number of aliphatic hydroxyl groups excluding tert-OH is 1. The number of nitro groups is 2. The van der Waals surface area contributed by atoms with E-state index in [1.165, 1.54) is 6.07 Å². The van der Waals surface area contributed by atoms with Crippen molar-refractivity contribution in [3.63, 3.8) is 0 Å². The van der Waals surface area contributed by atoms with E-state index in [2.05, 4.69) is 15.8 Å². The van der Waals surface area contributed by atoms with Crippen LogP contribution in [0.15, 0.2) is 23.3 Å². The zero-order chi connectivity index (χ0) is 22.6. The number of nitro benzene ring substituents is 2. The molecule has 0 aliphatic carbocycles. The second-order valence-electron chi connectivity index (χ2n) is 7.74. The average molecular weight is 421 g/mol. The molecule has 0 saturated carbocycles. The Kier molecular flexibility index (Phi) is 6.82. The number of benzene rings is 1. The number of aliphatic hydroxyl groups is 1. The number of carbonyl (C=O) groups excluding carboxylic acids is 2. The van der Waals surface area contributed by atoms with E-state index in [0.717, 1.165) is 12.1 Å². The second kappa shape index (κ2) is 8.95. The molecule has 12 nitrogen and oxygen atoms in total. The van der Waals surface area contributed by atoms with Gasteiger partial charge in [0.05, 0.1) is 22.0 Å². The predicted octanol–water partition coefficient (Wildman–Crippen LogP) is 2.12. The minimum absolute atomic E-state index is 0.0372. The highest BCUT2D eigenvalue weighted by molar-refractivity contribution is 5.97. The van der Waals surface area contributed by atoms with E-state index in [1.54, 1.807) is 20.8 Å². The van der Waals surface area contributed by atoms with Crippen LogP contribution in [0.25, 0.3) is 0 Å². The van der Waals surface area contributed by atoms with Crippen LogP contribution in [0.5, 0.6) is 0 Å². The Hall–Kier alpha value is -3.41. The second-order valence-corrected chi connectivity index (χ2v) is 7.74. The van der Waals surface area contributed by atoms with Crippen molar-refractivity contribution in [1.82, 2.24) is 5.32 Å². The maximum Gasteiger partial charge on any atom is 0.301 e. The SMILES string of the molecule is CC(=NNc1ccc([N+](=O)[O-])cc1[N+](=O)[O-])C(C)(C)C(O)CC1CC(=O)NC(=O)C1. The number of anilines is 1. The van der Waals surface area contributed by atoms with Gasteiger partial charge in [0.1, 0.15) is 5.69 Å². The van der Waals surface area contributed by atoms with Crippen LogP contribution in [0.3, 0.4) is 0 Å². The Morgan fingerprint density at radius 1 is 1.27 bits per heavy atom. The summed E-state index contributed by atoms with van der Waals surface area (Å²) in [4.78, 5) is 43.6. The molecule has 1 aliphatic rings. The zero-order valence-corrected chi connectivity index (χ0v) is 16.7. The van der Waals surface area contributed by atoms with Crippen molar-refractivity contribution in [2.24, 2.45) is 16.4 Å². The molecule has 2 amide bonds. The number of rotatable bonds is 8. The van der Waals surface area contributed by atoms with Crippen LogP contribution >= 0.6 is 0 Å². The summed E-state index contributed by atoms with van der Waals surface area (Å²) in [6.45, 7) is 5.05. The minimum atomic E-state index is -0.932. The molecule has 1 heterocycles. The molecule has 1 unspecified atom stereocenters. The van der Waals surface area contributed by atoms with Crippen LogP contribution in [0, 0.1) is 31.6 Å². The highest BCUT2D eigenvalue weighted by Crippen LogP contribution is 2.32. The van der Waals surface area contributed by atoms with E-state index in [4.69, 9.17) is 0 Å². The summed E-state index contributed by atoms with van der Waals surface area (Å²) in [5.41, 5.74) is 1.10. The van der Waals surface area contributed by atoms with Crippen molar-refractivity contribution in [1.29, 1.82) is 0 Å². The number of hydrogen-bond acceptors (Lipinski definition) is 9. The largest absolute Gasteiger partial charge is 0.392 e. The molecule has 0 radical (unpaired) electrons. The van der Waals surface area contributed by atoms with Crippen LogP contribution in [0.1, 0.15) is 40.0 Å². The van der Waals surface area contributed by atoms with Crippen molar-refractivity contribution in [3.05, 3.63) is 38.4 Å². The fourth-order valence-corrected chi connectivity index (χ4v) is 3.04. The lowest BCUT2D eigenvalue weighted by molar-refractivity contribution is -0.393. The lowest BCUT2D eigenvalue weighted by Gasteiger charge is -2.33. The van der Waals surface area contributed by atoms with Gasteiger partial charge in [0.2, 0.25) is 11.8 Å². The molecule has 1 fully saturated rings. The smallest absolute Gasteiger partial charge is 0.301 e. The van der Waals surface area contributed by atoms with Gasteiger partial charge >= 0.3 is 5.69 Å². The van der Waals surface area contributed by atoms with Gasteiger partial charge in [0.25, 0.3) is 5.69 Å². The van der Waals surface area contributed by atoms with Crippen molar-refractivity contribution in [3.8, 4) is 0 Å². The van der Waals surface area contributed by atoms with E-state index in [9.17, 15) is 34.9 Å². The maximum absolute atomic E-state index is 11.5. The molecule has 12 heteroatoms. The van der Waals surface area contributed by atoms with Gasteiger partial charge in [-0.3, -0.25) is 40.6 Å². The molecular weight excluding hydrogens is 398 g/mol. The number of hydrazone groups is 1. The van der Waals surface area contributed by atoms with Gasteiger partial charge in [-0.15, -0.1) is 0 Å². The number of nitrogens with one attached hydrogen (secondary N) is 2. The lowest BCUT2D eigenvalue weighted by Crippen LogP contribution is -2.42. The summed E-state index contributed by atoms with van der Waals surface area (Å²) in [5, 5.41) is 39.0. The Morgan fingerprint density at radius 2 is 1.87 bits per heavy atom. The third-order valence-electron chi connectivity index (χ3n) is 5.28. The maximum atomic E-state index is 11.5. The Labute approximate surface area is 171 Å². The topological polar surface area (TPSA) is 177 Å². The van der Waals surface area contributed by atoms with Gasteiger partial charge in [-0.2, -0.15) is 5.10 Å². The van der Waals surface area contributed by atoms with E-state index in [1.807, 2.05) is 0 Å². The van der Waals surface area contributed by atoms with Gasteiger partial charge in [-0.05, 0) is 25.3 Å². The summed E-state index contributed by atoms with van der Waals surface area (Å²) in [7, 11) is 0. The number of amides is 2. The monoisotopic (exact) mass is 421 g/mol. The molecule has 1 saturated heterocycles. The molecular formula is C18H23N5O7. The van der Waals surface area contributed by atoms with Crippen molar-refractivity contribution >= 4 is 34.6 Å². The van der Waals surface area contributed by atoms with E-state index in [0.29, 0.717) is 5.71 Å². The van der Waals surface area contributed by atoms with Crippen molar-refractivity contribution in [2.75, 3.05) is 5.43 Å². The van der Waals surface area contributed by atoms with Crippen LogP contribution in [-0.2, 0) is 9.59 Å². The molecule has 30 heavy (non-hydrogen) atoms. The third-order valence-corrected chi connectivity index (χ3v) is 5.28. The molecule has 1 atom stereocenters. The quantitative estimate of drug-likeness (QED) is 0.247. The third kappa shape index (κ3) is 5.35. The van der Waals surface area contributed by atoms with E-state index in [-0.39, 0.29) is 42.7 Å². The number of non-ortho nitro benzene ring substituents is 1. The normalized spacial score (nSPS) is 16.7. The molecule has 0 spiro atoms. The Balaban J connectivity index is 2.15. The van der Waals surface area contributed by atoms with Crippen LogP contribution in [0.2, 0.25) is 0 Å². The number of hydrogen-bond donors (Lipinski definition) is 3. The average Bonchev–Trinajstić information content (AvgIpc) is 2.64. The van der Waals surface area contributed by atoms with Crippen molar-refractivity contribution in [2.45, 2.75) is 46.1 Å². The first-order valence-electron chi connectivity index (χ1n) is 9.16. The van der Waals surface area contributed by atoms with E-state index >= 15 is 0 Å². The van der Waals surface area contributed by atoms with Gasteiger partial charge in [0.15, 0.2) is 0 Å². The Morgan fingerprint density at radius 3 is 2.40 bits per heavy atom. The summed E-state index contributed by atoms with van der Waals surface area (Å²) in [6.07, 6.45) is -0.444. The standard InChI is InChI=1S/C18H23N5O7/c1-10(18(2,3)15(24)6-11-7-16(25)19-17(26)8-11)20-21-13-5-4-12(22(27)28)9-14(13)23(29)30/h4-5,9,11,15,21,24H,6-8H2,1-3H3,(H,19,25,26). The first-order chi connectivity index (χ1) is 13.9. The first kappa shape index (κ1) is 22.9.